The molecule has 0 N–H and O–H groups in total. The molecule has 4 rings (SSSR count). The SMILES string of the molecule is O=C(c1ccoc1)N1CCCC(S(=O)(=O)N2CCc3ccccc32)C1. The summed E-state index contributed by atoms with van der Waals surface area (Å²) in [5, 5.41) is -0.566. The minimum absolute atomic E-state index is 0.171. The van der Waals surface area contributed by atoms with Crippen molar-refractivity contribution in [3.8, 4) is 0 Å². The largest absolute Gasteiger partial charge is 0.472 e. The molecule has 25 heavy (non-hydrogen) atoms. The summed E-state index contributed by atoms with van der Waals surface area (Å²) in [6.07, 6.45) is 4.85. The standard InChI is InChI=1S/C18H20N2O4S/c21-18(15-8-11-24-13-15)19-9-3-5-16(12-19)25(22,23)20-10-7-14-4-1-2-6-17(14)20/h1-2,4,6,8,11,13,16H,3,5,7,9-10,12H2. The third-order valence-corrected chi connectivity index (χ3v) is 7.23. The van der Waals surface area contributed by atoms with E-state index in [1.54, 1.807) is 11.0 Å². The maximum Gasteiger partial charge on any atom is 0.257 e. The summed E-state index contributed by atoms with van der Waals surface area (Å²) < 4.78 is 32.8. The topological polar surface area (TPSA) is 70.8 Å². The number of para-hydroxylation sites is 1. The molecule has 1 saturated heterocycles. The van der Waals surface area contributed by atoms with E-state index in [2.05, 4.69) is 0 Å². The Balaban J connectivity index is 1.56. The highest BCUT2D eigenvalue weighted by molar-refractivity contribution is 7.93. The highest BCUT2D eigenvalue weighted by Gasteiger charge is 2.39. The highest BCUT2D eigenvalue weighted by atomic mass is 32.2. The molecule has 1 unspecified atom stereocenters. The number of hydrogen-bond acceptors (Lipinski definition) is 4. The average molecular weight is 360 g/mol. The minimum atomic E-state index is -3.49. The van der Waals surface area contributed by atoms with Crippen LogP contribution in [0.25, 0.3) is 0 Å². The quantitative estimate of drug-likeness (QED) is 0.842. The van der Waals surface area contributed by atoms with E-state index >= 15 is 0 Å². The van der Waals surface area contributed by atoms with E-state index in [0.29, 0.717) is 31.5 Å². The van der Waals surface area contributed by atoms with E-state index in [1.165, 1.54) is 16.8 Å². The van der Waals surface area contributed by atoms with Gasteiger partial charge < -0.3 is 9.32 Å². The van der Waals surface area contributed by atoms with E-state index in [9.17, 15) is 13.2 Å². The number of furan rings is 1. The molecule has 2 aliphatic rings. The normalized spacial score (nSPS) is 20.6. The summed E-state index contributed by atoms with van der Waals surface area (Å²) in [7, 11) is -3.49. The number of anilines is 1. The summed E-state index contributed by atoms with van der Waals surface area (Å²) in [6.45, 7) is 1.28. The number of nitrogens with zero attached hydrogens (tertiary/aromatic N) is 2. The molecule has 1 fully saturated rings. The Morgan fingerprint density at radius 3 is 2.80 bits per heavy atom. The minimum Gasteiger partial charge on any atom is -0.472 e. The molecule has 0 saturated carbocycles. The molecular formula is C18H20N2O4S. The number of hydrogen-bond donors (Lipinski definition) is 0. The van der Waals surface area contributed by atoms with Crippen molar-refractivity contribution in [1.82, 2.24) is 4.90 Å². The first kappa shape index (κ1) is 16.2. The van der Waals surface area contributed by atoms with Crippen molar-refractivity contribution in [3.63, 3.8) is 0 Å². The van der Waals surface area contributed by atoms with Gasteiger partial charge in [-0.05, 0) is 37.0 Å². The van der Waals surface area contributed by atoms with Crippen molar-refractivity contribution in [2.24, 2.45) is 0 Å². The number of likely N-dealkylation sites (tertiary alicyclic amines) is 1. The third-order valence-electron chi connectivity index (χ3n) is 5.01. The molecule has 3 heterocycles. The fourth-order valence-corrected chi connectivity index (χ4v) is 5.68. The van der Waals surface area contributed by atoms with Crippen LogP contribution in [0.2, 0.25) is 0 Å². The van der Waals surface area contributed by atoms with E-state index in [1.807, 2.05) is 24.3 Å². The van der Waals surface area contributed by atoms with Crippen LogP contribution in [0.3, 0.4) is 0 Å². The molecule has 1 amide bonds. The van der Waals surface area contributed by atoms with Crippen LogP contribution < -0.4 is 4.31 Å². The molecule has 132 valence electrons. The van der Waals surface area contributed by atoms with Crippen LogP contribution in [0.15, 0.2) is 47.3 Å². The fraction of sp³-hybridized carbons (Fsp3) is 0.389. The van der Waals surface area contributed by atoms with E-state index < -0.39 is 15.3 Å². The van der Waals surface area contributed by atoms with Gasteiger partial charge in [0.2, 0.25) is 10.0 Å². The summed E-state index contributed by atoms with van der Waals surface area (Å²) in [5.74, 6) is -0.171. The Kier molecular flexibility index (Phi) is 4.03. The zero-order valence-electron chi connectivity index (χ0n) is 13.8. The second-order valence-corrected chi connectivity index (χ2v) is 8.66. The van der Waals surface area contributed by atoms with Crippen LogP contribution in [0.4, 0.5) is 5.69 Å². The molecule has 0 radical (unpaired) electrons. The molecule has 6 nitrogen and oxygen atoms in total. The monoisotopic (exact) mass is 360 g/mol. The number of carbonyl (C=O) groups excluding carboxylic acids is 1. The number of benzene rings is 1. The molecule has 1 atom stereocenters. The first-order valence-electron chi connectivity index (χ1n) is 8.48. The Morgan fingerprint density at radius 2 is 2.00 bits per heavy atom. The number of rotatable bonds is 3. The number of amides is 1. The van der Waals surface area contributed by atoms with Crippen LogP contribution in [0, 0.1) is 0 Å². The smallest absolute Gasteiger partial charge is 0.257 e. The number of carbonyl (C=O) groups is 1. The third kappa shape index (κ3) is 2.82. The lowest BCUT2D eigenvalue weighted by atomic mass is 10.1. The van der Waals surface area contributed by atoms with Gasteiger partial charge in [0.25, 0.3) is 5.91 Å². The van der Waals surface area contributed by atoms with Crippen molar-refractivity contribution in [2.45, 2.75) is 24.5 Å². The maximum atomic E-state index is 13.2. The second kappa shape index (κ2) is 6.22. The summed E-state index contributed by atoms with van der Waals surface area (Å²) >= 11 is 0. The van der Waals surface area contributed by atoms with Crippen molar-refractivity contribution in [1.29, 1.82) is 0 Å². The molecule has 1 aromatic carbocycles. The van der Waals surface area contributed by atoms with Crippen molar-refractivity contribution in [2.75, 3.05) is 23.9 Å². The number of sulfonamides is 1. The maximum absolute atomic E-state index is 13.2. The lowest BCUT2D eigenvalue weighted by Crippen LogP contribution is -2.49. The van der Waals surface area contributed by atoms with Gasteiger partial charge in [-0.1, -0.05) is 18.2 Å². The first-order chi connectivity index (χ1) is 12.1. The van der Waals surface area contributed by atoms with Crippen LogP contribution in [-0.2, 0) is 16.4 Å². The molecular weight excluding hydrogens is 340 g/mol. The van der Waals surface area contributed by atoms with Crippen LogP contribution in [-0.4, -0.2) is 44.1 Å². The van der Waals surface area contributed by atoms with Gasteiger partial charge >= 0.3 is 0 Å². The Hall–Kier alpha value is -2.28. The lowest BCUT2D eigenvalue weighted by Gasteiger charge is -2.34. The van der Waals surface area contributed by atoms with Crippen LogP contribution in [0.1, 0.15) is 28.8 Å². The molecule has 0 bridgehead atoms. The summed E-state index contributed by atoms with van der Waals surface area (Å²) in [4.78, 5) is 14.1. The van der Waals surface area contributed by atoms with Crippen LogP contribution in [0.5, 0.6) is 0 Å². The number of piperidine rings is 1. The van der Waals surface area contributed by atoms with Gasteiger partial charge in [0.15, 0.2) is 0 Å². The predicted molar refractivity (Wildman–Crippen MR) is 94.0 cm³/mol. The van der Waals surface area contributed by atoms with Gasteiger partial charge in [0, 0.05) is 19.6 Å². The van der Waals surface area contributed by atoms with Gasteiger partial charge in [0.05, 0.1) is 22.8 Å². The van der Waals surface area contributed by atoms with Crippen molar-refractivity contribution in [3.05, 3.63) is 54.0 Å². The van der Waals surface area contributed by atoms with Gasteiger partial charge in [-0.3, -0.25) is 9.10 Å². The van der Waals surface area contributed by atoms with E-state index in [4.69, 9.17) is 4.42 Å². The van der Waals surface area contributed by atoms with Crippen molar-refractivity contribution >= 4 is 21.6 Å². The molecule has 0 aliphatic carbocycles. The van der Waals surface area contributed by atoms with Gasteiger partial charge in [-0.25, -0.2) is 8.42 Å². The Morgan fingerprint density at radius 1 is 1.16 bits per heavy atom. The lowest BCUT2D eigenvalue weighted by molar-refractivity contribution is 0.0726. The predicted octanol–water partition coefficient (Wildman–Crippen LogP) is 2.28. The fourth-order valence-electron chi connectivity index (χ4n) is 3.69. The highest BCUT2D eigenvalue weighted by Crippen LogP contribution is 2.33. The average Bonchev–Trinajstić information content (AvgIpc) is 3.31. The summed E-state index contributed by atoms with van der Waals surface area (Å²) in [5.41, 5.74) is 2.30. The molecule has 0 spiro atoms. The van der Waals surface area contributed by atoms with Crippen LogP contribution >= 0.6 is 0 Å². The Bertz CT molecular complexity index is 876. The van der Waals surface area contributed by atoms with Gasteiger partial charge in [-0.2, -0.15) is 0 Å². The molecule has 2 aromatic rings. The molecule has 1 aromatic heterocycles. The molecule has 2 aliphatic heterocycles. The second-order valence-electron chi connectivity index (χ2n) is 6.52. The van der Waals surface area contributed by atoms with Gasteiger partial charge in [0.1, 0.15) is 6.26 Å². The molecule has 7 heteroatoms. The Labute approximate surface area is 147 Å². The van der Waals surface area contributed by atoms with Crippen molar-refractivity contribution < 1.29 is 17.6 Å². The first-order valence-corrected chi connectivity index (χ1v) is 9.98. The zero-order valence-corrected chi connectivity index (χ0v) is 14.6. The summed E-state index contributed by atoms with van der Waals surface area (Å²) in [6, 6.07) is 9.23. The number of fused-ring (bicyclic) bond motifs is 1. The zero-order chi connectivity index (χ0) is 17.4. The van der Waals surface area contributed by atoms with E-state index in [0.717, 1.165) is 17.7 Å². The van der Waals surface area contributed by atoms with E-state index in [-0.39, 0.29) is 12.5 Å². The van der Waals surface area contributed by atoms with Gasteiger partial charge in [-0.15, -0.1) is 0 Å².